The van der Waals surface area contributed by atoms with E-state index in [-0.39, 0.29) is 0 Å². The molecule has 316 valence electrons. The van der Waals surface area contributed by atoms with Gasteiger partial charge in [-0.15, -0.1) is 0 Å². The number of hydrogen-bond acceptors (Lipinski definition) is 2. The number of furan rings is 2. The van der Waals surface area contributed by atoms with E-state index in [1.54, 1.807) is 0 Å². The van der Waals surface area contributed by atoms with Crippen LogP contribution >= 0.6 is 0 Å². The van der Waals surface area contributed by atoms with E-state index in [4.69, 9.17) is 8.83 Å². The van der Waals surface area contributed by atoms with Crippen molar-refractivity contribution in [2.24, 2.45) is 0 Å². The van der Waals surface area contributed by atoms with Gasteiger partial charge < -0.3 is 18.0 Å². The van der Waals surface area contributed by atoms with Crippen molar-refractivity contribution in [3.63, 3.8) is 0 Å². The number of fused-ring (bicyclic) bond motifs is 12. The molecule has 0 aliphatic rings. The molecule has 14 rings (SSSR count). The summed E-state index contributed by atoms with van der Waals surface area (Å²) in [6, 6.07) is 79.4. The fraction of sp³-hybridized carbons (Fsp3) is 0.0323. The Kier molecular flexibility index (Phi) is 8.10. The Balaban J connectivity index is 0.898. The molecule has 14 aromatic rings. The molecule has 0 fully saturated rings. The lowest BCUT2D eigenvalue weighted by Crippen LogP contribution is -2.53. The molecule has 0 radical (unpaired) electrons. The van der Waals surface area contributed by atoms with Crippen LogP contribution in [-0.4, -0.2) is 17.2 Å². The van der Waals surface area contributed by atoms with Crippen LogP contribution in [0, 0.1) is 0 Å². The fourth-order valence-electron chi connectivity index (χ4n) is 11.0. The topological polar surface area (TPSA) is 36.1 Å². The predicted molar refractivity (Wildman–Crippen MR) is 284 cm³/mol. The summed E-state index contributed by atoms with van der Waals surface area (Å²) in [5, 5.41) is 12.1. The second-order valence-electron chi connectivity index (χ2n) is 18.5. The van der Waals surface area contributed by atoms with Crippen LogP contribution in [0.1, 0.15) is 0 Å². The van der Waals surface area contributed by atoms with Gasteiger partial charge in [-0.1, -0.05) is 170 Å². The Bertz CT molecular complexity index is 4250. The lowest BCUT2D eigenvalue weighted by Gasteiger charge is -2.25. The summed E-state index contributed by atoms with van der Waals surface area (Å²) in [7, 11) is -2.38. The smallest absolute Gasteiger partial charge is 0.143 e. The van der Waals surface area contributed by atoms with Crippen LogP contribution in [0.3, 0.4) is 0 Å². The molecular weight excluding hydrogens is 833 g/mol. The monoisotopic (exact) mass is 874 g/mol. The molecule has 10 aromatic carbocycles. The molecule has 0 saturated heterocycles. The highest BCUT2D eigenvalue weighted by Gasteiger charge is 2.32. The van der Waals surface area contributed by atoms with Gasteiger partial charge in [-0.3, -0.25) is 0 Å². The summed E-state index contributed by atoms with van der Waals surface area (Å²) in [5.41, 5.74) is 15.3. The number of rotatable bonds is 6. The Labute approximate surface area is 387 Å². The van der Waals surface area contributed by atoms with E-state index in [1.807, 2.05) is 6.07 Å². The molecule has 5 heteroatoms. The van der Waals surface area contributed by atoms with Crippen molar-refractivity contribution in [3.05, 3.63) is 218 Å². The second kappa shape index (κ2) is 14.3. The second-order valence-corrected chi connectivity index (χ2v) is 22.8. The number of benzene rings is 10. The van der Waals surface area contributed by atoms with E-state index in [0.29, 0.717) is 0 Å². The summed E-state index contributed by atoms with van der Waals surface area (Å²) in [4.78, 5) is 0. The van der Waals surface area contributed by atoms with E-state index in [9.17, 15) is 0 Å². The van der Waals surface area contributed by atoms with Crippen molar-refractivity contribution in [1.82, 2.24) is 9.13 Å². The molecule has 0 amide bonds. The van der Waals surface area contributed by atoms with Gasteiger partial charge in [0.05, 0.1) is 22.1 Å². The third-order valence-corrected chi connectivity index (χ3v) is 17.9. The molecule has 0 aliphatic carbocycles. The minimum absolute atomic E-state index is 0.895. The maximum absolute atomic E-state index is 6.83. The highest BCUT2D eigenvalue weighted by molar-refractivity contribution is 7.01. The lowest BCUT2D eigenvalue weighted by molar-refractivity contribution is 0.670. The van der Waals surface area contributed by atoms with Crippen molar-refractivity contribution >= 4 is 106 Å². The normalized spacial score (nSPS) is 12.3. The zero-order chi connectivity index (χ0) is 44.4. The first-order chi connectivity index (χ1) is 33.0. The average molecular weight is 875 g/mol. The molecule has 0 unspecified atom stereocenters. The highest BCUT2D eigenvalue weighted by Crippen LogP contribution is 2.42. The van der Waals surface area contributed by atoms with Gasteiger partial charge in [-0.25, -0.2) is 0 Å². The first-order valence-electron chi connectivity index (χ1n) is 23.1. The molecule has 0 N–H and O–H groups in total. The van der Waals surface area contributed by atoms with Gasteiger partial charge in [0.15, 0.2) is 0 Å². The van der Waals surface area contributed by atoms with Gasteiger partial charge in [-0.05, 0) is 88.6 Å². The minimum Gasteiger partial charge on any atom is -0.456 e. The third-order valence-electron chi connectivity index (χ3n) is 14.4. The lowest BCUT2D eigenvalue weighted by atomic mass is 10.0. The standard InChI is InChI=1S/C62H42N2O2Si/c1-67(2,60-38-43(37-53-49-22-10-15-27-59(49)66-62(53)60)64-54-23-11-6-18-45(54)46-19-7-12-24-55(46)64)44-31-28-39(29-32-44)41-30-33-57-51(34-41)47-20-8-13-25-56(47)63(57)42-35-50(40-16-4-3-5-17-40)61-52(36-42)48-21-9-14-26-58(48)65-61/h3-38H,1-2H3. The first-order valence-corrected chi connectivity index (χ1v) is 26.1. The number of para-hydroxylation sites is 5. The molecule has 0 bridgehead atoms. The van der Waals surface area contributed by atoms with Gasteiger partial charge in [-0.2, -0.15) is 0 Å². The van der Waals surface area contributed by atoms with E-state index in [2.05, 4.69) is 235 Å². The van der Waals surface area contributed by atoms with Crippen LogP contribution in [0.15, 0.2) is 227 Å². The van der Waals surface area contributed by atoms with E-state index in [1.165, 1.54) is 65.1 Å². The first kappa shape index (κ1) is 37.9. The van der Waals surface area contributed by atoms with Crippen LogP contribution in [0.2, 0.25) is 13.1 Å². The Hall–Kier alpha value is -8.38. The quantitative estimate of drug-likeness (QED) is 0.156. The molecule has 0 spiro atoms. The number of aromatic nitrogens is 2. The maximum atomic E-state index is 6.83. The Morgan fingerprint density at radius 1 is 0.328 bits per heavy atom. The summed E-state index contributed by atoms with van der Waals surface area (Å²) < 4.78 is 18.3. The summed E-state index contributed by atoms with van der Waals surface area (Å²) in [6.45, 7) is 4.93. The van der Waals surface area contributed by atoms with Crippen molar-refractivity contribution in [3.8, 4) is 33.6 Å². The molecule has 67 heavy (non-hydrogen) atoms. The van der Waals surface area contributed by atoms with Gasteiger partial charge >= 0.3 is 0 Å². The minimum atomic E-state index is -2.38. The Morgan fingerprint density at radius 2 is 0.791 bits per heavy atom. The largest absolute Gasteiger partial charge is 0.456 e. The SMILES string of the molecule is C[Si](C)(c1ccc(-c2ccc3c(c2)c2ccccc2n3-c2cc(-c3ccccc3)c3oc4ccccc4c3c2)cc1)c1cc(-n2c3ccccc3c3ccccc32)cc2c1oc1ccccc12. The zero-order valence-corrected chi connectivity index (χ0v) is 38.0. The van der Waals surface area contributed by atoms with Gasteiger partial charge in [0, 0.05) is 60.0 Å². The maximum Gasteiger partial charge on any atom is 0.143 e. The molecule has 4 heterocycles. The molecule has 0 saturated carbocycles. The summed E-state index contributed by atoms with van der Waals surface area (Å²) >= 11 is 0. The zero-order valence-electron chi connectivity index (χ0n) is 37.0. The average Bonchev–Trinajstić information content (AvgIpc) is 4.14. The summed E-state index contributed by atoms with van der Waals surface area (Å²) in [5.74, 6) is 0. The Morgan fingerprint density at radius 3 is 1.40 bits per heavy atom. The number of hydrogen-bond donors (Lipinski definition) is 0. The molecule has 4 nitrogen and oxygen atoms in total. The van der Waals surface area contributed by atoms with E-state index in [0.717, 1.165) is 66.4 Å². The predicted octanol–water partition coefficient (Wildman–Crippen LogP) is 15.8. The van der Waals surface area contributed by atoms with Gasteiger partial charge in [0.2, 0.25) is 0 Å². The van der Waals surface area contributed by atoms with E-state index >= 15 is 0 Å². The van der Waals surface area contributed by atoms with Crippen molar-refractivity contribution in [2.75, 3.05) is 0 Å². The molecule has 0 atom stereocenters. The number of nitrogens with zero attached hydrogens (tertiary/aromatic N) is 2. The van der Waals surface area contributed by atoms with Crippen LogP contribution < -0.4 is 10.4 Å². The van der Waals surface area contributed by atoms with Crippen LogP contribution in [-0.2, 0) is 0 Å². The molecular formula is C62H42N2O2Si. The van der Waals surface area contributed by atoms with Gasteiger partial charge in [0.25, 0.3) is 0 Å². The molecule has 0 aliphatic heterocycles. The van der Waals surface area contributed by atoms with Crippen molar-refractivity contribution in [1.29, 1.82) is 0 Å². The van der Waals surface area contributed by atoms with Crippen LogP contribution in [0.25, 0.3) is 121 Å². The van der Waals surface area contributed by atoms with Crippen LogP contribution in [0.5, 0.6) is 0 Å². The highest BCUT2D eigenvalue weighted by atomic mass is 28.3. The van der Waals surface area contributed by atoms with Crippen LogP contribution in [0.4, 0.5) is 0 Å². The van der Waals surface area contributed by atoms with Gasteiger partial charge in [0.1, 0.15) is 30.4 Å². The van der Waals surface area contributed by atoms with Crippen molar-refractivity contribution < 1.29 is 8.83 Å². The fourth-order valence-corrected chi connectivity index (χ4v) is 13.6. The van der Waals surface area contributed by atoms with Crippen molar-refractivity contribution in [2.45, 2.75) is 13.1 Å². The third kappa shape index (κ3) is 5.65. The van der Waals surface area contributed by atoms with E-state index < -0.39 is 8.07 Å². The summed E-state index contributed by atoms with van der Waals surface area (Å²) in [6.07, 6.45) is 0. The molecule has 4 aromatic heterocycles.